The molecule has 1 fully saturated rings. The van der Waals surface area contributed by atoms with E-state index in [-0.39, 0.29) is 5.91 Å². The van der Waals surface area contributed by atoms with Crippen molar-refractivity contribution in [2.45, 2.75) is 39.0 Å². The van der Waals surface area contributed by atoms with Gasteiger partial charge in [0, 0.05) is 25.8 Å². The van der Waals surface area contributed by atoms with Crippen LogP contribution in [0.1, 0.15) is 49.4 Å². The Morgan fingerprint density at radius 1 is 1.35 bits per heavy atom. The van der Waals surface area contributed by atoms with Gasteiger partial charge in [0.15, 0.2) is 0 Å². The van der Waals surface area contributed by atoms with Gasteiger partial charge in [0.25, 0.3) is 5.91 Å². The number of nitrogens with one attached hydrogen (secondary N) is 1. The van der Waals surface area contributed by atoms with Crippen LogP contribution in [0, 0.1) is 0 Å². The molecule has 1 aliphatic rings. The maximum absolute atomic E-state index is 12.6. The van der Waals surface area contributed by atoms with Gasteiger partial charge in [-0.25, -0.2) is 4.98 Å². The summed E-state index contributed by atoms with van der Waals surface area (Å²) < 4.78 is 0. The minimum Gasteiger partial charge on any atom is -0.370 e. The van der Waals surface area contributed by atoms with Crippen LogP contribution >= 0.6 is 11.6 Å². The number of hydrogen-bond acceptors (Lipinski definition) is 3. The summed E-state index contributed by atoms with van der Waals surface area (Å²) in [5, 5.41) is 3.62. The lowest BCUT2D eigenvalue weighted by Gasteiger charge is -2.21. The molecule has 0 unspecified atom stereocenters. The van der Waals surface area contributed by atoms with Crippen molar-refractivity contribution in [3.05, 3.63) is 22.8 Å². The van der Waals surface area contributed by atoms with Gasteiger partial charge >= 0.3 is 0 Å². The molecular weight excluding hydrogens is 274 g/mol. The van der Waals surface area contributed by atoms with E-state index >= 15 is 0 Å². The summed E-state index contributed by atoms with van der Waals surface area (Å²) in [5.41, 5.74) is 0.558. The molecule has 1 aromatic heterocycles. The minimum absolute atomic E-state index is 0.0267. The number of anilines is 1. The second-order valence-corrected chi connectivity index (χ2v) is 5.59. The summed E-state index contributed by atoms with van der Waals surface area (Å²) in [6.45, 7) is 4.59. The zero-order valence-electron chi connectivity index (χ0n) is 12.0. The number of rotatable bonds is 4. The molecular formula is C15H22ClN3O. The van der Waals surface area contributed by atoms with E-state index in [1.165, 1.54) is 12.8 Å². The summed E-state index contributed by atoms with van der Waals surface area (Å²) in [7, 11) is 0. The number of carbonyl (C=O) groups excluding carboxylic acids is 1. The normalized spacial score (nSPS) is 15.8. The van der Waals surface area contributed by atoms with E-state index in [2.05, 4.69) is 17.2 Å². The molecule has 5 heteroatoms. The van der Waals surface area contributed by atoms with Gasteiger partial charge in [-0.15, -0.1) is 0 Å². The molecule has 1 amide bonds. The first-order valence-electron chi connectivity index (χ1n) is 7.41. The number of hydrogen-bond donors (Lipinski definition) is 1. The second kappa shape index (κ2) is 7.48. The fraction of sp³-hybridized carbons (Fsp3) is 0.600. The Labute approximate surface area is 125 Å². The van der Waals surface area contributed by atoms with Crippen LogP contribution in [-0.4, -0.2) is 35.4 Å². The van der Waals surface area contributed by atoms with E-state index in [9.17, 15) is 4.79 Å². The number of pyridine rings is 1. The molecule has 2 heterocycles. The van der Waals surface area contributed by atoms with Gasteiger partial charge in [0.1, 0.15) is 5.82 Å². The maximum Gasteiger partial charge on any atom is 0.255 e. The maximum atomic E-state index is 12.6. The lowest BCUT2D eigenvalue weighted by molar-refractivity contribution is 0.0762. The highest BCUT2D eigenvalue weighted by atomic mass is 35.5. The number of amides is 1. The van der Waals surface area contributed by atoms with Gasteiger partial charge in [-0.2, -0.15) is 0 Å². The van der Waals surface area contributed by atoms with Crippen molar-refractivity contribution in [2.24, 2.45) is 0 Å². The predicted molar refractivity (Wildman–Crippen MR) is 82.4 cm³/mol. The Hall–Kier alpha value is -1.29. The van der Waals surface area contributed by atoms with E-state index in [4.69, 9.17) is 11.6 Å². The van der Waals surface area contributed by atoms with Gasteiger partial charge in [0.05, 0.1) is 10.6 Å². The summed E-state index contributed by atoms with van der Waals surface area (Å²) in [6, 6.07) is 1.77. The molecule has 0 spiro atoms. The molecule has 20 heavy (non-hydrogen) atoms. The number of likely N-dealkylation sites (tertiary alicyclic amines) is 1. The average Bonchev–Trinajstić information content (AvgIpc) is 2.75. The third-order valence-electron chi connectivity index (χ3n) is 3.54. The number of carbonyl (C=O) groups is 1. The Morgan fingerprint density at radius 3 is 2.70 bits per heavy atom. The molecule has 2 rings (SSSR count). The van der Waals surface area contributed by atoms with Crippen molar-refractivity contribution in [3.63, 3.8) is 0 Å². The molecule has 0 atom stereocenters. The van der Waals surface area contributed by atoms with Crippen LogP contribution in [0.5, 0.6) is 0 Å². The smallest absolute Gasteiger partial charge is 0.255 e. The highest BCUT2D eigenvalue weighted by Gasteiger charge is 2.20. The van der Waals surface area contributed by atoms with E-state index < -0.39 is 0 Å². The molecule has 0 radical (unpaired) electrons. The quantitative estimate of drug-likeness (QED) is 0.923. The molecule has 0 aliphatic carbocycles. The Bertz CT molecular complexity index is 456. The Morgan fingerprint density at radius 2 is 2.05 bits per heavy atom. The number of aromatic nitrogens is 1. The Kier molecular flexibility index (Phi) is 5.65. The topological polar surface area (TPSA) is 45.2 Å². The van der Waals surface area contributed by atoms with E-state index in [0.29, 0.717) is 10.6 Å². The molecule has 4 nitrogen and oxygen atoms in total. The highest BCUT2D eigenvalue weighted by molar-refractivity contribution is 6.33. The highest BCUT2D eigenvalue weighted by Crippen LogP contribution is 2.21. The molecule has 0 aromatic carbocycles. The SMILES string of the molecule is CCCNc1cc(C(=O)N2CCCCCC2)c(Cl)cn1. The molecule has 1 saturated heterocycles. The third kappa shape index (κ3) is 3.85. The fourth-order valence-electron chi connectivity index (χ4n) is 2.40. The summed E-state index contributed by atoms with van der Waals surface area (Å²) in [6.07, 6.45) is 7.14. The lowest BCUT2D eigenvalue weighted by Crippen LogP contribution is -2.32. The van der Waals surface area contributed by atoms with Crippen LogP contribution in [0.2, 0.25) is 5.02 Å². The van der Waals surface area contributed by atoms with E-state index in [1.807, 2.05) is 4.90 Å². The third-order valence-corrected chi connectivity index (χ3v) is 3.84. The van der Waals surface area contributed by atoms with Gasteiger partial charge in [-0.1, -0.05) is 31.4 Å². The zero-order valence-corrected chi connectivity index (χ0v) is 12.7. The van der Waals surface area contributed by atoms with Gasteiger partial charge in [-0.05, 0) is 25.3 Å². The predicted octanol–water partition coefficient (Wildman–Crippen LogP) is 3.57. The van der Waals surface area contributed by atoms with Crippen molar-refractivity contribution in [1.29, 1.82) is 0 Å². The van der Waals surface area contributed by atoms with Crippen molar-refractivity contribution < 1.29 is 4.79 Å². The first kappa shape index (κ1) is 15.1. The van der Waals surface area contributed by atoms with Gasteiger partial charge in [0.2, 0.25) is 0 Å². The van der Waals surface area contributed by atoms with Crippen molar-refractivity contribution >= 4 is 23.3 Å². The second-order valence-electron chi connectivity index (χ2n) is 5.18. The first-order valence-corrected chi connectivity index (χ1v) is 7.79. The van der Waals surface area contributed by atoms with Gasteiger partial charge < -0.3 is 10.2 Å². The summed E-state index contributed by atoms with van der Waals surface area (Å²) >= 11 is 6.15. The van der Waals surface area contributed by atoms with E-state index in [1.54, 1.807) is 12.3 Å². The standard InChI is InChI=1S/C15H22ClN3O/c1-2-7-17-14-10-12(13(16)11-18-14)15(20)19-8-5-3-4-6-9-19/h10-11H,2-9H2,1H3,(H,17,18). The zero-order chi connectivity index (χ0) is 14.4. The average molecular weight is 296 g/mol. The molecule has 110 valence electrons. The van der Waals surface area contributed by atoms with Crippen molar-refractivity contribution in [2.75, 3.05) is 25.0 Å². The molecule has 1 aliphatic heterocycles. The monoisotopic (exact) mass is 295 g/mol. The fourth-order valence-corrected chi connectivity index (χ4v) is 2.58. The Balaban J connectivity index is 2.14. The van der Waals surface area contributed by atoms with Crippen LogP contribution in [0.4, 0.5) is 5.82 Å². The minimum atomic E-state index is 0.0267. The first-order chi connectivity index (χ1) is 9.72. The molecule has 1 N–H and O–H groups in total. The summed E-state index contributed by atoms with van der Waals surface area (Å²) in [5.74, 6) is 0.744. The summed E-state index contributed by atoms with van der Waals surface area (Å²) in [4.78, 5) is 18.7. The van der Waals surface area contributed by atoms with Crippen LogP contribution in [0.3, 0.4) is 0 Å². The lowest BCUT2D eigenvalue weighted by atomic mass is 10.2. The molecule has 1 aromatic rings. The molecule has 0 saturated carbocycles. The van der Waals surface area contributed by atoms with Gasteiger partial charge in [-0.3, -0.25) is 4.79 Å². The van der Waals surface area contributed by atoms with Crippen LogP contribution in [-0.2, 0) is 0 Å². The number of nitrogens with zero attached hydrogens (tertiary/aromatic N) is 2. The largest absolute Gasteiger partial charge is 0.370 e. The van der Waals surface area contributed by atoms with Crippen molar-refractivity contribution in [1.82, 2.24) is 9.88 Å². The van der Waals surface area contributed by atoms with Crippen LogP contribution in [0.15, 0.2) is 12.3 Å². The van der Waals surface area contributed by atoms with Crippen LogP contribution in [0.25, 0.3) is 0 Å². The van der Waals surface area contributed by atoms with Crippen molar-refractivity contribution in [3.8, 4) is 0 Å². The van der Waals surface area contributed by atoms with Crippen LogP contribution < -0.4 is 5.32 Å². The molecule has 0 bridgehead atoms. The van der Waals surface area contributed by atoms with E-state index in [0.717, 1.165) is 44.7 Å². The number of halogens is 1.